The molecular formula is C18H20F2N4O2S. The van der Waals surface area contributed by atoms with Crippen LogP contribution in [0.1, 0.15) is 30.0 Å². The minimum absolute atomic E-state index is 0.211. The maximum atomic E-state index is 14.4. The first-order valence-corrected chi connectivity index (χ1v) is 9.45. The van der Waals surface area contributed by atoms with E-state index < -0.39 is 17.5 Å². The summed E-state index contributed by atoms with van der Waals surface area (Å²) in [6.07, 6.45) is 0. The van der Waals surface area contributed by atoms with Crippen LogP contribution in [0.25, 0.3) is 10.2 Å². The molecule has 1 amide bonds. The highest BCUT2D eigenvalue weighted by Crippen LogP contribution is 2.22. The number of nitrogens with zero attached hydrogens (tertiary/aromatic N) is 4. The second-order valence-electron chi connectivity index (χ2n) is 5.87. The minimum Gasteiger partial charge on any atom is -0.380 e. The van der Waals surface area contributed by atoms with E-state index in [0.717, 1.165) is 23.1 Å². The molecule has 0 spiro atoms. The highest BCUT2D eigenvalue weighted by molar-refractivity contribution is 7.16. The molecule has 6 nitrogen and oxygen atoms in total. The summed E-state index contributed by atoms with van der Waals surface area (Å²) >= 11 is 1.06. The lowest BCUT2D eigenvalue weighted by molar-refractivity contribution is 0.0991. The van der Waals surface area contributed by atoms with Crippen LogP contribution in [0.15, 0.2) is 23.2 Å². The van der Waals surface area contributed by atoms with Crippen molar-refractivity contribution in [3.8, 4) is 0 Å². The molecule has 2 aromatic heterocycles. The Morgan fingerprint density at radius 1 is 1.30 bits per heavy atom. The van der Waals surface area contributed by atoms with Gasteiger partial charge >= 0.3 is 0 Å². The van der Waals surface area contributed by atoms with Crippen LogP contribution >= 0.6 is 11.3 Å². The lowest BCUT2D eigenvalue weighted by Crippen LogP contribution is -2.20. The van der Waals surface area contributed by atoms with Crippen molar-refractivity contribution in [1.82, 2.24) is 14.3 Å². The highest BCUT2D eigenvalue weighted by atomic mass is 32.1. The summed E-state index contributed by atoms with van der Waals surface area (Å²) < 4.78 is 36.9. The van der Waals surface area contributed by atoms with Crippen LogP contribution in [-0.4, -0.2) is 33.5 Å². The fourth-order valence-electron chi connectivity index (χ4n) is 2.80. The number of rotatable bonds is 6. The van der Waals surface area contributed by atoms with Gasteiger partial charge in [0.2, 0.25) is 0 Å². The number of aromatic nitrogens is 3. The van der Waals surface area contributed by atoms with Crippen LogP contribution < -0.4 is 4.80 Å². The fraction of sp³-hybridized carbons (Fsp3) is 0.389. The van der Waals surface area contributed by atoms with Crippen molar-refractivity contribution in [3.63, 3.8) is 0 Å². The maximum absolute atomic E-state index is 14.4. The van der Waals surface area contributed by atoms with Gasteiger partial charge in [0.25, 0.3) is 5.91 Å². The van der Waals surface area contributed by atoms with Gasteiger partial charge in [-0.1, -0.05) is 11.3 Å². The first-order chi connectivity index (χ1) is 12.9. The lowest BCUT2D eigenvalue weighted by Gasteiger charge is -2.06. The minimum atomic E-state index is -0.697. The molecule has 0 fully saturated rings. The number of hydrogen-bond donors (Lipinski definition) is 0. The maximum Gasteiger partial charge on any atom is 0.300 e. The molecule has 9 heteroatoms. The van der Waals surface area contributed by atoms with E-state index in [4.69, 9.17) is 4.74 Å². The molecule has 0 aliphatic carbocycles. The van der Waals surface area contributed by atoms with Crippen LogP contribution in [-0.2, 0) is 17.8 Å². The van der Waals surface area contributed by atoms with E-state index in [-0.39, 0.29) is 16.0 Å². The Hall–Kier alpha value is -2.39. The van der Waals surface area contributed by atoms with Crippen LogP contribution in [0, 0.1) is 18.6 Å². The van der Waals surface area contributed by atoms with Gasteiger partial charge < -0.3 is 9.30 Å². The second kappa shape index (κ2) is 8.10. The van der Waals surface area contributed by atoms with Crippen molar-refractivity contribution in [2.24, 2.45) is 4.99 Å². The summed E-state index contributed by atoms with van der Waals surface area (Å²) in [5, 5.41) is 4.23. The smallest absolute Gasteiger partial charge is 0.300 e. The average molecular weight is 394 g/mol. The third-order valence-corrected chi connectivity index (χ3v) is 5.08. The SMILES string of the molecule is CCOCCn1c(=NC(=O)c2cc(C)n(CC)n2)sc2cc(F)cc(F)c21. The molecule has 0 aliphatic heterocycles. The molecule has 0 radical (unpaired) electrons. The molecule has 3 rings (SSSR count). The predicted octanol–water partition coefficient (Wildman–Crippen LogP) is 3.28. The zero-order valence-electron chi connectivity index (χ0n) is 15.3. The first kappa shape index (κ1) is 19.4. The van der Waals surface area contributed by atoms with E-state index in [1.54, 1.807) is 15.3 Å². The van der Waals surface area contributed by atoms with Gasteiger partial charge in [0.05, 0.1) is 16.8 Å². The highest BCUT2D eigenvalue weighted by Gasteiger charge is 2.16. The summed E-state index contributed by atoms with van der Waals surface area (Å²) in [5.74, 6) is -1.89. The average Bonchev–Trinajstić information content (AvgIpc) is 3.15. The number of benzene rings is 1. The van der Waals surface area contributed by atoms with Gasteiger partial charge in [-0.25, -0.2) is 8.78 Å². The topological polar surface area (TPSA) is 61.4 Å². The Kier molecular flexibility index (Phi) is 5.81. The summed E-state index contributed by atoms with van der Waals surface area (Å²) in [5.41, 5.74) is 1.28. The Balaban J connectivity index is 2.10. The molecule has 0 atom stereocenters. The summed E-state index contributed by atoms with van der Waals surface area (Å²) in [6.45, 7) is 7.41. The molecule has 0 N–H and O–H groups in total. The molecule has 0 unspecified atom stereocenters. The molecule has 0 bridgehead atoms. The standard InChI is InChI=1S/C18H20F2N4O2S/c1-4-24-11(3)8-14(22-24)17(25)21-18-23(6-7-26-5-2)16-13(20)9-12(19)10-15(16)27-18/h8-10H,4-7H2,1-3H3. The van der Waals surface area contributed by atoms with E-state index in [1.165, 1.54) is 6.07 Å². The largest absolute Gasteiger partial charge is 0.380 e. The third-order valence-electron chi connectivity index (χ3n) is 4.06. The normalized spacial score (nSPS) is 12.3. The second-order valence-corrected chi connectivity index (χ2v) is 6.88. The van der Waals surface area contributed by atoms with Crippen molar-refractivity contribution < 1.29 is 18.3 Å². The molecule has 2 heterocycles. The Bertz CT molecular complexity index is 1050. The van der Waals surface area contributed by atoms with Crippen molar-refractivity contribution >= 4 is 27.5 Å². The molecule has 3 aromatic rings. The summed E-state index contributed by atoms with van der Waals surface area (Å²) in [7, 11) is 0. The van der Waals surface area contributed by atoms with Crippen molar-refractivity contribution in [1.29, 1.82) is 0 Å². The van der Waals surface area contributed by atoms with Crippen LogP contribution in [0.4, 0.5) is 8.78 Å². The van der Waals surface area contributed by atoms with E-state index >= 15 is 0 Å². The molecule has 0 saturated heterocycles. The monoisotopic (exact) mass is 394 g/mol. The van der Waals surface area contributed by atoms with Gasteiger partial charge in [-0.05, 0) is 32.9 Å². The Morgan fingerprint density at radius 2 is 2.07 bits per heavy atom. The first-order valence-electron chi connectivity index (χ1n) is 8.64. The molecule has 27 heavy (non-hydrogen) atoms. The van der Waals surface area contributed by atoms with Gasteiger partial charge in [-0.3, -0.25) is 9.48 Å². The molecule has 144 valence electrons. The number of carbonyl (C=O) groups is 1. The number of hydrogen-bond acceptors (Lipinski definition) is 4. The molecule has 0 aliphatic rings. The quantitative estimate of drug-likeness (QED) is 0.603. The summed E-state index contributed by atoms with van der Waals surface area (Å²) in [4.78, 5) is 17.0. The lowest BCUT2D eigenvalue weighted by atomic mass is 10.3. The number of thiazole rings is 1. The zero-order chi connectivity index (χ0) is 19.6. The van der Waals surface area contributed by atoms with Gasteiger partial charge in [0.15, 0.2) is 16.3 Å². The number of aryl methyl sites for hydroxylation is 2. The zero-order valence-corrected chi connectivity index (χ0v) is 16.1. The third kappa shape index (κ3) is 3.98. The van der Waals surface area contributed by atoms with Crippen LogP contribution in [0.3, 0.4) is 0 Å². The van der Waals surface area contributed by atoms with Gasteiger partial charge in [0.1, 0.15) is 5.82 Å². The van der Waals surface area contributed by atoms with Crippen LogP contribution in [0.2, 0.25) is 0 Å². The number of fused-ring (bicyclic) bond motifs is 1. The molecule has 0 saturated carbocycles. The van der Waals surface area contributed by atoms with E-state index in [1.807, 2.05) is 20.8 Å². The van der Waals surface area contributed by atoms with Crippen molar-refractivity contribution in [3.05, 3.63) is 46.0 Å². The van der Waals surface area contributed by atoms with Crippen molar-refractivity contribution in [2.45, 2.75) is 33.9 Å². The molecular weight excluding hydrogens is 374 g/mol. The van der Waals surface area contributed by atoms with Crippen LogP contribution in [0.5, 0.6) is 0 Å². The van der Waals surface area contributed by atoms with Crippen molar-refractivity contribution in [2.75, 3.05) is 13.2 Å². The number of amides is 1. The van der Waals surface area contributed by atoms with Gasteiger partial charge in [-0.15, -0.1) is 0 Å². The van der Waals surface area contributed by atoms with E-state index in [0.29, 0.717) is 31.0 Å². The molecule has 1 aromatic carbocycles. The number of ether oxygens (including phenoxy) is 1. The summed E-state index contributed by atoms with van der Waals surface area (Å²) in [6, 6.07) is 3.72. The Labute approximate surface area is 158 Å². The number of carbonyl (C=O) groups excluding carboxylic acids is 1. The van der Waals surface area contributed by atoms with E-state index in [2.05, 4.69) is 10.1 Å². The van der Waals surface area contributed by atoms with E-state index in [9.17, 15) is 13.6 Å². The number of halogens is 2. The van der Waals surface area contributed by atoms with Gasteiger partial charge in [-0.2, -0.15) is 10.1 Å². The van der Waals surface area contributed by atoms with Gasteiger partial charge in [0, 0.05) is 31.5 Å². The predicted molar refractivity (Wildman–Crippen MR) is 98.8 cm³/mol. The fourth-order valence-corrected chi connectivity index (χ4v) is 3.89. The Morgan fingerprint density at radius 3 is 2.74 bits per heavy atom.